The summed E-state index contributed by atoms with van der Waals surface area (Å²) in [5.41, 5.74) is 3.86. The fraction of sp³-hybridized carbons (Fsp3) is 0.263. The van der Waals surface area contributed by atoms with E-state index in [9.17, 15) is 0 Å². The van der Waals surface area contributed by atoms with Gasteiger partial charge in [0.25, 0.3) is 0 Å². The van der Waals surface area contributed by atoms with E-state index in [1.165, 1.54) is 5.56 Å². The van der Waals surface area contributed by atoms with Gasteiger partial charge in [-0.25, -0.2) is 4.98 Å². The molecule has 0 aliphatic rings. The lowest BCUT2D eigenvalue weighted by Gasteiger charge is -2.11. The smallest absolute Gasteiger partial charge is 0.131 e. The number of fused-ring (bicyclic) bond motifs is 1. The third-order valence-electron chi connectivity index (χ3n) is 3.53. The third-order valence-corrected chi connectivity index (χ3v) is 3.53. The van der Waals surface area contributed by atoms with Gasteiger partial charge in [0.1, 0.15) is 5.82 Å². The summed E-state index contributed by atoms with van der Waals surface area (Å²) in [4.78, 5) is 8.85. The first kappa shape index (κ1) is 16.0. The highest BCUT2D eigenvalue weighted by atomic mass is 15.0. The van der Waals surface area contributed by atoms with Gasteiger partial charge in [-0.1, -0.05) is 32.6 Å². The summed E-state index contributed by atoms with van der Waals surface area (Å²) in [5, 5.41) is 4.37. The van der Waals surface area contributed by atoms with E-state index in [0.29, 0.717) is 5.92 Å². The van der Waals surface area contributed by atoms with Gasteiger partial charge in [-0.05, 0) is 48.7 Å². The molecule has 1 N–H and O–H groups in total. The zero-order valence-electron chi connectivity index (χ0n) is 13.7. The standard InChI is InChI=1S/C19H23N3/c1-6-7-17(20-5)14(4)21-19-11-9-16-12-15(13(2)3)8-10-18(16)22-19/h6-13H,4H2,1-3,5H3,(H,21,22)/b7-6-,20-17?. The zero-order valence-corrected chi connectivity index (χ0v) is 13.7. The summed E-state index contributed by atoms with van der Waals surface area (Å²) in [5.74, 6) is 1.30. The maximum Gasteiger partial charge on any atom is 0.131 e. The number of allylic oxidation sites excluding steroid dienone is 2. The average molecular weight is 293 g/mol. The van der Waals surface area contributed by atoms with Crippen molar-refractivity contribution >= 4 is 22.4 Å². The van der Waals surface area contributed by atoms with Crippen LogP contribution in [0, 0.1) is 0 Å². The Morgan fingerprint density at radius 3 is 2.68 bits per heavy atom. The Hall–Kier alpha value is -2.42. The molecule has 0 fully saturated rings. The highest BCUT2D eigenvalue weighted by Gasteiger charge is 2.05. The molecule has 22 heavy (non-hydrogen) atoms. The van der Waals surface area contributed by atoms with Crippen molar-refractivity contribution in [3.8, 4) is 0 Å². The second-order valence-electron chi connectivity index (χ2n) is 5.52. The minimum Gasteiger partial charge on any atom is -0.339 e. The van der Waals surface area contributed by atoms with Crippen LogP contribution in [-0.2, 0) is 0 Å². The predicted octanol–water partition coefficient (Wildman–Crippen LogP) is 4.93. The molecule has 1 aromatic carbocycles. The summed E-state index contributed by atoms with van der Waals surface area (Å²) in [6, 6.07) is 10.5. The number of hydrogen-bond donors (Lipinski definition) is 1. The van der Waals surface area contributed by atoms with Crippen molar-refractivity contribution in [3.05, 3.63) is 60.3 Å². The van der Waals surface area contributed by atoms with Gasteiger partial charge in [0.15, 0.2) is 0 Å². The second-order valence-corrected chi connectivity index (χ2v) is 5.52. The van der Waals surface area contributed by atoms with E-state index < -0.39 is 0 Å². The molecular weight excluding hydrogens is 270 g/mol. The lowest BCUT2D eigenvalue weighted by molar-refractivity contribution is 0.868. The van der Waals surface area contributed by atoms with Crippen molar-refractivity contribution in [2.45, 2.75) is 26.7 Å². The molecule has 0 bridgehead atoms. The number of anilines is 1. The predicted molar refractivity (Wildman–Crippen MR) is 96.8 cm³/mol. The van der Waals surface area contributed by atoms with E-state index in [1.54, 1.807) is 7.05 Å². The summed E-state index contributed by atoms with van der Waals surface area (Å²) in [7, 11) is 1.75. The number of rotatable bonds is 5. The van der Waals surface area contributed by atoms with Crippen molar-refractivity contribution < 1.29 is 0 Å². The second kappa shape index (κ2) is 7.03. The lowest BCUT2D eigenvalue weighted by atomic mass is 10.0. The molecule has 0 saturated heterocycles. The Morgan fingerprint density at radius 1 is 1.27 bits per heavy atom. The van der Waals surface area contributed by atoms with Gasteiger partial charge in [-0.3, -0.25) is 4.99 Å². The molecule has 2 rings (SSSR count). The number of aromatic nitrogens is 1. The number of aliphatic imine (C=N–C) groups is 1. The number of hydrogen-bond acceptors (Lipinski definition) is 3. The van der Waals surface area contributed by atoms with E-state index in [0.717, 1.165) is 28.1 Å². The molecule has 0 unspecified atom stereocenters. The minimum absolute atomic E-state index is 0.520. The van der Waals surface area contributed by atoms with E-state index in [-0.39, 0.29) is 0 Å². The summed E-state index contributed by atoms with van der Waals surface area (Å²) in [6.45, 7) is 10.4. The van der Waals surface area contributed by atoms with E-state index >= 15 is 0 Å². The lowest BCUT2D eigenvalue weighted by Crippen LogP contribution is -2.09. The molecule has 0 radical (unpaired) electrons. The molecule has 1 heterocycles. The topological polar surface area (TPSA) is 37.3 Å². The highest BCUT2D eigenvalue weighted by molar-refractivity contribution is 6.09. The largest absolute Gasteiger partial charge is 0.339 e. The van der Waals surface area contributed by atoms with E-state index in [1.807, 2.05) is 25.1 Å². The average Bonchev–Trinajstić information content (AvgIpc) is 2.51. The molecule has 0 amide bonds. The normalized spacial score (nSPS) is 12.3. The van der Waals surface area contributed by atoms with Crippen LogP contribution in [0.3, 0.4) is 0 Å². The summed E-state index contributed by atoms with van der Waals surface area (Å²) in [6.07, 6.45) is 3.86. The zero-order chi connectivity index (χ0) is 16.1. The van der Waals surface area contributed by atoms with Crippen molar-refractivity contribution in [2.75, 3.05) is 12.4 Å². The summed E-state index contributed by atoms with van der Waals surface area (Å²) >= 11 is 0. The highest BCUT2D eigenvalue weighted by Crippen LogP contribution is 2.22. The maximum absolute atomic E-state index is 4.64. The van der Waals surface area contributed by atoms with Crippen LogP contribution in [0.2, 0.25) is 0 Å². The molecule has 0 aliphatic carbocycles. The fourth-order valence-electron chi connectivity index (χ4n) is 2.26. The molecule has 3 nitrogen and oxygen atoms in total. The molecule has 2 aromatic rings. The van der Waals surface area contributed by atoms with E-state index in [4.69, 9.17) is 0 Å². The van der Waals surface area contributed by atoms with Crippen LogP contribution in [0.1, 0.15) is 32.3 Å². The Bertz CT molecular complexity index is 739. The number of nitrogens with one attached hydrogen (secondary N) is 1. The van der Waals surface area contributed by atoms with Gasteiger partial charge in [0.05, 0.1) is 16.9 Å². The van der Waals surface area contributed by atoms with Crippen LogP contribution in [0.25, 0.3) is 10.9 Å². The minimum atomic E-state index is 0.520. The molecule has 1 aromatic heterocycles. The molecule has 0 atom stereocenters. The van der Waals surface area contributed by atoms with Crippen LogP contribution in [0.4, 0.5) is 5.82 Å². The third kappa shape index (κ3) is 3.61. The maximum atomic E-state index is 4.64. The number of pyridine rings is 1. The van der Waals surface area contributed by atoms with Crippen LogP contribution in [0.5, 0.6) is 0 Å². The van der Waals surface area contributed by atoms with E-state index in [2.05, 4.69) is 60.0 Å². The first-order valence-electron chi connectivity index (χ1n) is 7.51. The molecule has 0 spiro atoms. The first-order chi connectivity index (χ1) is 10.5. The van der Waals surface area contributed by atoms with Gasteiger partial charge < -0.3 is 5.32 Å². The Balaban J connectivity index is 2.27. The van der Waals surface area contributed by atoms with Crippen LogP contribution >= 0.6 is 0 Å². The number of benzene rings is 1. The molecular formula is C19H23N3. The number of nitrogens with zero attached hydrogens (tertiary/aromatic N) is 2. The fourth-order valence-corrected chi connectivity index (χ4v) is 2.26. The molecule has 114 valence electrons. The van der Waals surface area contributed by atoms with Gasteiger partial charge in [-0.2, -0.15) is 0 Å². The van der Waals surface area contributed by atoms with Crippen molar-refractivity contribution in [2.24, 2.45) is 4.99 Å². The first-order valence-corrected chi connectivity index (χ1v) is 7.51. The molecule has 0 saturated carbocycles. The SMILES string of the molecule is C=C(Nc1ccc2cc(C(C)C)ccc2n1)C(/C=C\C)=NC. The van der Waals surface area contributed by atoms with Crippen molar-refractivity contribution in [1.82, 2.24) is 4.98 Å². The van der Waals surface area contributed by atoms with Gasteiger partial charge in [0.2, 0.25) is 0 Å². The van der Waals surface area contributed by atoms with Gasteiger partial charge in [-0.15, -0.1) is 0 Å². The van der Waals surface area contributed by atoms with Crippen LogP contribution in [-0.4, -0.2) is 17.7 Å². The van der Waals surface area contributed by atoms with Crippen molar-refractivity contribution in [1.29, 1.82) is 0 Å². The van der Waals surface area contributed by atoms with Crippen molar-refractivity contribution in [3.63, 3.8) is 0 Å². The van der Waals surface area contributed by atoms with Gasteiger partial charge in [0, 0.05) is 12.4 Å². The quantitative estimate of drug-likeness (QED) is 0.794. The Morgan fingerprint density at radius 2 is 2.05 bits per heavy atom. The Kier molecular flexibility index (Phi) is 5.10. The van der Waals surface area contributed by atoms with Gasteiger partial charge >= 0.3 is 0 Å². The molecule has 3 heteroatoms. The van der Waals surface area contributed by atoms with Crippen LogP contribution < -0.4 is 5.32 Å². The molecule has 0 aliphatic heterocycles. The Labute approximate surface area is 132 Å². The van der Waals surface area contributed by atoms with Crippen LogP contribution in [0.15, 0.2) is 59.8 Å². The summed E-state index contributed by atoms with van der Waals surface area (Å²) < 4.78 is 0. The monoisotopic (exact) mass is 293 g/mol.